The monoisotopic (exact) mass is 476 g/mol. The molecule has 0 radical (unpaired) electrons. The maximum Gasteiger partial charge on any atom is 0.261 e. The average Bonchev–Trinajstić information content (AvgIpc) is 3.34. The van der Waals surface area contributed by atoms with E-state index in [9.17, 15) is 8.42 Å². The SMILES string of the molecule is COc1ccc(OC)c([C@H]2Nc3ccc(S(=O)(=O)Nc4ccc(C)cc4)cc3[C@H]3C=CC[C@H]32)c1. The van der Waals surface area contributed by atoms with E-state index in [1.165, 1.54) is 0 Å². The van der Waals surface area contributed by atoms with Gasteiger partial charge in [0.25, 0.3) is 10.0 Å². The highest BCUT2D eigenvalue weighted by Crippen LogP contribution is 2.52. The van der Waals surface area contributed by atoms with Crippen molar-refractivity contribution in [3.05, 3.63) is 89.5 Å². The summed E-state index contributed by atoms with van der Waals surface area (Å²) in [6, 6.07) is 18.5. The van der Waals surface area contributed by atoms with Crippen molar-refractivity contribution < 1.29 is 17.9 Å². The van der Waals surface area contributed by atoms with E-state index < -0.39 is 10.0 Å². The van der Waals surface area contributed by atoms with Crippen LogP contribution in [0.4, 0.5) is 11.4 Å². The highest BCUT2D eigenvalue weighted by molar-refractivity contribution is 7.92. The van der Waals surface area contributed by atoms with Crippen LogP contribution in [0, 0.1) is 12.8 Å². The standard InChI is InChI=1S/C27H28N2O4S/c1-17-7-9-18(10-8-17)29-34(30,31)20-12-13-25-23(16-20)21-5-4-6-22(21)27(28-25)24-15-19(32-2)11-14-26(24)33-3/h4-5,7-16,21-22,27-29H,6H2,1-3H3/t21-,22+,27-/m0/s1. The Morgan fingerprint density at radius 2 is 1.74 bits per heavy atom. The fourth-order valence-electron chi connectivity index (χ4n) is 4.97. The number of nitrogens with one attached hydrogen (secondary N) is 2. The zero-order chi connectivity index (χ0) is 23.9. The summed E-state index contributed by atoms with van der Waals surface area (Å²) in [6.45, 7) is 1.97. The van der Waals surface area contributed by atoms with Crippen molar-refractivity contribution in [3.63, 3.8) is 0 Å². The lowest BCUT2D eigenvalue weighted by molar-refractivity contribution is 0.374. The third kappa shape index (κ3) is 4.01. The second-order valence-corrected chi connectivity index (χ2v) is 10.5. The predicted octanol–water partition coefficient (Wildman–Crippen LogP) is 5.64. The lowest BCUT2D eigenvalue weighted by atomic mass is 9.77. The third-order valence-electron chi connectivity index (χ3n) is 6.72. The summed E-state index contributed by atoms with van der Waals surface area (Å²) in [5.41, 5.74) is 4.57. The van der Waals surface area contributed by atoms with E-state index >= 15 is 0 Å². The smallest absolute Gasteiger partial charge is 0.261 e. The molecule has 6 nitrogen and oxygen atoms in total. The van der Waals surface area contributed by atoms with Crippen molar-refractivity contribution in [2.75, 3.05) is 24.3 Å². The largest absolute Gasteiger partial charge is 0.497 e. The average molecular weight is 477 g/mol. The Morgan fingerprint density at radius 3 is 2.47 bits per heavy atom. The second-order valence-electron chi connectivity index (χ2n) is 8.80. The summed E-state index contributed by atoms with van der Waals surface area (Å²) in [6.07, 6.45) is 5.26. The summed E-state index contributed by atoms with van der Waals surface area (Å²) in [5.74, 6) is 1.91. The number of fused-ring (bicyclic) bond motifs is 3. The Kier molecular flexibility index (Phi) is 5.73. The number of benzene rings is 3. The zero-order valence-electron chi connectivity index (χ0n) is 19.4. The highest BCUT2D eigenvalue weighted by atomic mass is 32.2. The molecule has 0 saturated heterocycles. The molecule has 1 heterocycles. The molecule has 2 aliphatic rings. The number of hydrogen-bond acceptors (Lipinski definition) is 5. The molecule has 7 heteroatoms. The van der Waals surface area contributed by atoms with E-state index in [0.29, 0.717) is 5.69 Å². The normalized spacial score (nSPS) is 20.7. The molecule has 5 rings (SSSR count). The Bertz CT molecular complexity index is 1350. The Morgan fingerprint density at radius 1 is 0.941 bits per heavy atom. The van der Waals surface area contributed by atoms with E-state index in [-0.39, 0.29) is 22.8 Å². The summed E-state index contributed by atoms with van der Waals surface area (Å²) in [7, 11) is -0.386. The minimum absolute atomic E-state index is 0.00527. The number of methoxy groups -OCH3 is 2. The molecule has 1 aliphatic carbocycles. The number of anilines is 2. The molecule has 3 aromatic carbocycles. The van der Waals surface area contributed by atoms with Crippen LogP contribution in [-0.2, 0) is 10.0 Å². The predicted molar refractivity (Wildman–Crippen MR) is 134 cm³/mol. The first-order valence-electron chi connectivity index (χ1n) is 11.3. The maximum atomic E-state index is 13.1. The van der Waals surface area contributed by atoms with E-state index in [4.69, 9.17) is 9.47 Å². The van der Waals surface area contributed by atoms with Crippen molar-refractivity contribution in [3.8, 4) is 11.5 Å². The van der Waals surface area contributed by atoms with Crippen LogP contribution in [0.5, 0.6) is 11.5 Å². The molecule has 0 bridgehead atoms. The van der Waals surface area contributed by atoms with Gasteiger partial charge in [0, 0.05) is 22.9 Å². The van der Waals surface area contributed by atoms with Crippen LogP contribution >= 0.6 is 0 Å². The van der Waals surface area contributed by atoms with Crippen molar-refractivity contribution in [2.45, 2.75) is 30.2 Å². The fraction of sp³-hybridized carbons (Fsp3) is 0.259. The molecule has 1 aliphatic heterocycles. The topological polar surface area (TPSA) is 76.7 Å². The van der Waals surface area contributed by atoms with Crippen LogP contribution in [0.15, 0.2) is 77.7 Å². The van der Waals surface area contributed by atoms with Gasteiger partial charge in [0.2, 0.25) is 0 Å². The van der Waals surface area contributed by atoms with Gasteiger partial charge in [0.15, 0.2) is 0 Å². The van der Waals surface area contributed by atoms with Crippen LogP contribution in [-0.4, -0.2) is 22.6 Å². The molecule has 0 aromatic heterocycles. The number of ether oxygens (including phenoxy) is 2. The summed E-state index contributed by atoms with van der Waals surface area (Å²) >= 11 is 0. The number of rotatable bonds is 6. The second kappa shape index (κ2) is 8.72. The molecule has 0 fully saturated rings. The first-order valence-corrected chi connectivity index (χ1v) is 12.8. The van der Waals surface area contributed by atoms with Crippen LogP contribution in [0.2, 0.25) is 0 Å². The van der Waals surface area contributed by atoms with Crippen molar-refractivity contribution in [1.82, 2.24) is 0 Å². The minimum atomic E-state index is -3.71. The highest BCUT2D eigenvalue weighted by Gasteiger charge is 2.39. The Labute approximate surface area is 200 Å². The number of aryl methyl sites for hydroxylation is 1. The molecule has 34 heavy (non-hydrogen) atoms. The molecule has 0 unspecified atom stereocenters. The molecular weight excluding hydrogens is 448 g/mol. The molecule has 3 aromatic rings. The summed E-state index contributed by atoms with van der Waals surface area (Å²) < 4.78 is 40.1. The number of allylic oxidation sites excluding steroid dienone is 2. The van der Waals surface area contributed by atoms with Gasteiger partial charge in [0.05, 0.1) is 25.2 Å². The van der Waals surface area contributed by atoms with Crippen LogP contribution in [0.25, 0.3) is 0 Å². The van der Waals surface area contributed by atoms with Gasteiger partial charge in [-0.1, -0.05) is 29.8 Å². The van der Waals surface area contributed by atoms with E-state index in [1.54, 1.807) is 38.5 Å². The molecule has 0 saturated carbocycles. The summed E-state index contributed by atoms with van der Waals surface area (Å²) in [4.78, 5) is 0.255. The molecule has 3 atom stereocenters. The van der Waals surface area contributed by atoms with E-state index in [2.05, 4.69) is 22.2 Å². The number of hydrogen-bond donors (Lipinski definition) is 2. The minimum Gasteiger partial charge on any atom is -0.497 e. The van der Waals surface area contributed by atoms with E-state index in [0.717, 1.165) is 40.3 Å². The van der Waals surface area contributed by atoms with Gasteiger partial charge in [-0.25, -0.2) is 8.42 Å². The van der Waals surface area contributed by atoms with Crippen LogP contribution < -0.4 is 19.5 Å². The molecule has 0 amide bonds. The lowest BCUT2D eigenvalue weighted by Gasteiger charge is -2.38. The van der Waals surface area contributed by atoms with Gasteiger partial charge in [-0.3, -0.25) is 4.72 Å². The van der Waals surface area contributed by atoms with Gasteiger partial charge in [0.1, 0.15) is 11.5 Å². The Balaban J connectivity index is 1.50. The Hall–Kier alpha value is -3.45. The molecule has 2 N–H and O–H groups in total. The van der Waals surface area contributed by atoms with Crippen LogP contribution in [0.1, 0.15) is 35.1 Å². The van der Waals surface area contributed by atoms with Crippen molar-refractivity contribution in [2.24, 2.45) is 5.92 Å². The third-order valence-corrected chi connectivity index (χ3v) is 8.10. The van der Waals surface area contributed by atoms with Crippen molar-refractivity contribution in [1.29, 1.82) is 0 Å². The lowest BCUT2D eigenvalue weighted by Crippen LogP contribution is -2.29. The van der Waals surface area contributed by atoms with Gasteiger partial charge in [-0.15, -0.1) is 0 Å². The van der Waals surface area contributed by atoms with Gasteiger partial charge >= 0.3 is 0 Å². The summed E-state index contributed by atoms with van der Waals surface area (Å²) in [5, 5.41) is 3.65. The van der Waals surface area contributed by atoms with Gasteiger partial charge in [-0.05, 0) is 73.4 Å². The number of sulfonamides is 1. The van der Waals surface area contributed by atoms with Gasteiger partial charge in [-0.2, -0.15) is 0 Å². The molecular formula is C27H28N2O4S. The first-order chi connectivity index (χ1) is 16.4. The van der Waals surface area contributed by atoms with Crippen LogP contribution in [0.3, 0.4) is 0 Å². The maximum absolute atomic E-state index is 13.1. The molecule has 0 spiro atoms. The quantitative estimate of drug-likeness (QED) is 0.450. The molecule has 176 valence electrons. The van der Waals surface area contributed by atoms with Gasteiger partial charge < -0.3 is 14.8 Å². The van der Waals surface area contributed by atoms with Crippen molar-refractivity contribution >= 4 is 21.4 Å². The van der Waals surface area contributed by atoms with E-state index in [1.807, 2.05) is 43.3 Å². The zero-order valence-corrected chi connectivity index (χ0v) is 20.2. The first kappa shape index (κ1) is 22.3. The fourth-order valence-corrected chi connectivity index (χ4v) is 6.06.